The average Bonchev–Trinajstić information content (AvgIpc) is 2.35. The zero-order valence-corrected chi connectivity index (χ0v) is 12.6. The fourth-order valence-electron chi connectivity index (χ4n) is 1.04. The first-order valence-corrected chi connectivity index (χ1v) is 6.60. The molecule has 88 valence electrons. The summed E-state index contributed by atoms with van der Waals surface area (Å²) in [6.45, 7) is 1.90. The lowest BCUT2D eigenvalue weighted by Gasteiger charge is -2.01. The Morgan fingerprint density at radius 3 is 2.00 bits per heavy atom. The summed E-state index contributed by atoms with van der Waals surface area (Å²) < 4.78 is 2.97. The highest BCUT2D eigenvalue weighted by molar-refractivity contribution is 9.10. The van der Waals surface area contributed by atoms with Crippen LogP contribution in [-0.2, 0) is 12.6 Å². The minimum absolute atomic E-state index is 0.871. The Morgan fingerprint density at radius 1 is 1.12 bits per heavy atom. The molecule has 0 aliphatic heterocycles. The van der Waals surface area contributed by atoms with Crippen LogP contribution in [0.3, 0.4) is 0 Å². The highest BCUT2D eigenvalue weighted by Crippen LogP contribution is 2.09. The van der Waals surface area contributed by atoms with Gasteiger partial charge in [-0.05, 0) is 24.4 Å². The smallest absolute Gasteiger partial charge is 0.249 e. The number of hydrogen-bond acceptors (Lipinski definition) is 2. The third-order valence-corrected chi connectivity index (χ3v) is 2.90. The molecule has 1 aromatic carbocycles. The molecule has 0 N–H and O–H groups in total. The number of benzene rings is 1. The molecular formula is C13H12BrNS2. The van der Waals surface area contributed by atoms with Crippen molar-refractivity contribution in [1.82, 2.24) is 0 Å². The summed E-state index contributed by atoms with van der Waals surface area (Å²) in [7, 11) is 0. The van der Waals surface area contributed by atoms with Crippen molar-refractivity contribution in [3.05, 3.63) is 59.3 Å². The van der Waals surface area contributed by atoms with Gasteiger partial charge in [-0.2, -0.15) is 9.46 Å². The maximum absolute atomic E-state index is 4.92. The van der Waals surface area contributed by atoms with Gasteiger partial charge in [-0.3, -0.25) is 0 Å². The molecule has 0 radical (unpaired) electrons. The van der Waals surface area contributed by atoms with Crippen LogP contribution in [0.1, 0.15) is 6.92 Å². The Bertz CT molecular complexity index is 448. The minimum atomic E-state index is 0.871. The van der Waals surface area contributed by atoms with Crippen LogP contribution in [0.5, 0.6) is 0 Å². The lowest BCUT2D eigenvalue weighted by molar-refractivity contribution is -0.552. The van der Waals surface area contributed by atoms with Crippen LogP contribution >= 0.6 is 28.1 Å². The Kier molecular flexibility index (Phi) is 6.26. The highest BCUT2D eigenvalue weighted by Gasteiger charge is 1.96. The van der Waals surface area contributed by atoms with Gasteiger partial charge in [0.15, 0.2) is 12.4 Å². The zero-order chi connectivity index (χ0) is 12.7. The van der Waals surface area contributed by atoms with Gasteiger partial charge in [0.1, 0.15) is 0 Å². The standard InChI is InChI=1S/C7H8NS.C6H5BrS/c1-7(9)8-5-3-2-4-6-8;7-5-1-3-6(8)4-2-5/h2-6H,1H3;1-4,8H/q+1;/p-1. The van der Waals surface area contributed by atoms with Crippen molar-refractivity contribution >= 4 is 45.8 Å². The number of rotatable bonds is 0. The maximum Gasteiger partial charge on any atom is 0.249 e. The lowest BCUT2D eigenvalue weighted by atomic mass is 10.4. The molecule has 0 aliphatic carbocycles. The van der Waals surface area contributed by atoms with E-state index in [1.165, 1.54) is 0 Å². The molecule has 2 aromatic rings. The van der Waals surface area contributed by atoms with Gasteiger partial charge in [-0.1, -0.05) is 34.1 Å². The van der Waals surface area contributed by atoms with Gasteiger partial charge in [-0.15, -0.1) is 0 Å². The summed E-state index contributed by atoms with van der Waals surface area (Å²) in [4.78, 5) is 1.75. The second kappa shape index (κ2) is 7.48. The van der Waals surface area contributed by atoms with E-state index in [0.29, 0.717) is 0 Å². The monoisotopic (exact) mass is 325 g/mol. The fourth-order valence-corrected chi connectivity index (χ4v) is 1.57. The summed E-state index contributed by atoms with van der Waals surface area (Å²) in [5.41, 5.74) is 0. The first kappa shape index (κ1) is 14.2. The molecule has 1 heterocycles. The molecule has 0 atom stereocenters. The molecule has 0 saturated carbocycles. The van der Waals surface area contributed by atoms with E-state index in [2.05, 4.69) is 15.9 Å². The van der Waals surface area contributed by atoms with E-state index < -0.39 is 0 Å². The third-order valence-electron chi connectivity index (χ3n) is 1.89. The molecule has 4 heteroatoms. The summed E-state index contributed by atoms with van der Waals surface area (Å²) in [6.07, 6.45) is 3.87. The Hall–Kier alpha value is -0.840. The van der Waals surface area contributed by atoms with E-state index in [0.717, 1.165) is 14.4 Å². The van der Waals surface area contributed by atoms with E-state index in [-0.39, 0.29) is 0 Å². The van der Waals surface area contributed by atoms with E-state index in [4.69, 9.17) is 24.8 Å². The van der Waals surface area contributed by atoms with Crippen molar-refractivity contribution in [2.45, 2.75) is 11.8 Å². The first-order valence-electron chi connectivity index (χ1n) is 4.99. The zero-order valence-electron chi connectivity index (χ0n) is 9.34. The number of halogens is 1. The van der Waals surface area contributed by atoms with Gasteiger partial charge in [0.05, 0.1) is 0 Å². The van der Waals surface area contributed by atoms with E-state index >= 15 is 0 Å². The van der Waals surface area contributed by atoms with Crippen LogP contribution in [0.2, 0.25) is 0 Å². The Morgan fingerprint density at radius 2 is 1.65 bits per heavy atom. The van der Waals surface area contributed by atoms with Crippen LogP contribution in [0, 0.1) is 0 Å². The Balaban J connectivity index is 0.000000171. The van der Waals surface area contributed by atoms with E-state index in [1.54, 1.807) is 0 Å². The molecule has 0 spiro atoms. The van der Waals surface area contributed by atoms with Crippen LogP contribution in [-0.4, -0.2) is 4.99 Å². The van der Waals surface area contributed by atoms with Crippen molar-refractivity contribution < 1.29 is 4.57 Å². The Labute approximate surface area is 121 Å². The second-order valence-electron chi connectivity index (χ2n) is 3.26. The van der Waals surface area contributed by atoms with E-state index in [9.17, 15) is 0 Å². The number of hydrogen-bond donors (Lipinski definition) is 0. The van der Waals surface area contributed by atoms with Gasteiger partial charge < -0.3 is 12.6 Å². The largest absolute Gasteiger partial charge is 0.780 e. The first-order chi connectivity index (χ1) is 8.09. The SMILES string of the molecule is CC(=S)[n+]1ccccc1.[S-]c1ccc(Br)cc1. The van der Waals surface area contributed by atoms with Gasteiger partial charge in [0.25, 0.3) is 0 Å². The van der Waals surface area contributed by atoms with Crippen molar-refractivity contribution in [1.29, 1.82) is 0 Å². The number of nitrogens with zero attached hydrogens (tertiary/aromatic N) is 1. The molecule has 1 nitrogen and oxygen atoms in total. The topological polar surface area (TPSA) is 3.88 Å². The second-order valence-corrected chi connectivity index (χ2v) is 5.23. The molecule has 0 saturated heterocycles. The van der Waals surface area contributed by atoms with Crippen LogP contribution in [0.25, 0.3) is 0 Å². The maximum atomic E-state index is 4.92. The van der Waals surface area contributed by atoms with Gasteiger partial charge in [0.2, 0.25) is 4.99 Å². The van der Waals surface area contributed by atoms with Gasteiger partial charge in [0, 0.05) is 23.5 Å². The van der Waals surface area contributed by atoms with Crippen molar-refractivity contribution in [3.8, 4) is 0 Å². The van der Waals surface area contributed by atoms with Crippen LogP contribution < -0.4 is 4.57 Å². The molecule has 0 unspecified atom stereocenters. The fraction of sp³-hybridized carbons (Fsp3) is 0.0769. The molecule has 2 rings (SSSR count). The molecule has 0 amide bonds. The summed E-state index contributed by atoms with van der Waals surface area (Å²) in [5.74, 6) is 0. The number of thiocarbonyl (C=S) groups is 1. The number of pyridine rings is 1. The van der Waals surface area contributed by atoms with Gasteiger partial charge >= 0.3 is 0 Å². The molecule has 0 fully saturated rings. The lowest BCUT2D eigenvalue weighted by Crippen LogP contribution is -2.37. The molecular weight excluding hydrogens is 314 g/mol. The third kappa shape index (κ3) is 5.86. The highest BCUT2D eigenvalue weighted by atomic mass is 79.9. The normalized spacial score (nSPS) is 9.06. The predicted molar refractivity (Wildman–Crippen MR) is 80.1 cm³/mol. The summed E-state index contributed by atoms with van der Waals surface area (Å²) >= 11 is 13.1. The predicted octanol–water partition coefficient (Wildman–Crippen LogP) is 3.52. The van der Waals surface area contributed by atoms with Crippen molar-refractivity contribution in [3.63, 3.8) is 0 Å². The minimum Gasteiger partial charge on any atom is -0.780 e. The van der Waals surface area contributed by atoms with Crippen molar-refractivity contribution in [2.75, 3.05) is 0 Å². The van der Waals surface area contributed by atoms with Crippen LogP contribution in [0.15, 0.2) is 64.2 Å². The summed E-state index contributed by atoms with van der Waals surface area (Å²) in [6, 6.07) is 13.5. The average molecular weight is 326 g/mol. The van der Waals surface area contributed by atoms with Crippen molar-refractivity contribution in [2.24, 2.45) is 0 Å². The number of aromatic nitrogens is 1. The quantitative estimate of drug-likeness (QED) is 0.414. The van der Waals surface area contributed by atoms with Gasteiger partial charge in [-0.25, -0.2) is 0 Å². The van der Waals surface area contributed by atoms with Crippen LogP contribution in [0.4, 0.5) is 0 Å². The molecule has 1 aromatic heterocycles. The molecule has 0 aliphatic rings. The molecule has 17 heavy (non-hydrogen) atoms. The molecule has 0 bridgehead atoms. The summed E-state index contributed by atoms with van der Waals surface area (Å²) in [5, 5.41) is 0. The van der Waals surface area contributed by atoms with E-state index in [1.807, 2.05) is 66.3 Å².